The highest BCUT2D eigenvalue weighted by atomic mass is 16.4. The molecule has 1 aromatic rings. The molecule has 0 spiro atoms. The van der Waals surface area contributed by atoms with E-state index in [4.69, 9.17) is 5.11 Å². The second-order valence-corrected chi connectivity index (χ2v) is 6.85. The monoisotopic (exact) mass is 304 g/mol. The number of hydrogen-bond acceptors (Lipinski definition) is 2. The summed E-state index contributed by atoms with van der Waals surface area (Å²) in [4.78, 5) is 10.8. The van der Waals surface area contributed by atoms with Crippen LogP contribution in [-0.4, -0.2) is 16.2 Å². The molecule has 122 valence electrons. The minimum absolute atomic E-state index is 0. The van der Waals surface area contributed by atoms with Crippen molar-refractivity contribution < 1.29 is 15.0 Å². The molecule has 1 aromatic carbocycles. The molecule has 0 radical (unpaired) electrons. The van der Waals surface area contributed by atoms with E-state index in [2.05, 4.69) is 33.4 Å². The molecule has 0 aliphatic rings. The Kier molecular flexibility index (Phi) is 6.19. The first-order valence-electron chi connectivity index (χ1n) is 6.91. The van der Waals surface area contributed by atoms with E-state index in [-0.39, 0.29) is 18.3 Å². The highest BCUT2D eigenvalue weighted by Crippen LogP contribution is 2.31. The molecule has 3 heteroatoms. The number of benzene rings is 1. The third kappa shape index (κ3) is 4.76. The maximum absolute atomic E-state index is 10.8. The predicted octanol–water partition coefficient (Wildman–Crippen LogP) is 5.07. The number of rotatable bonds is 4. The zero-order chi connectivity index (χ0) is 16.4. The molecular formula is C19H28O3. The third-order valence-corrected chi connectivity index (χ3v) is 3.60. The minimum atomic E-state index is -1.33. The van der Waals surface area contributed by atoms with Crippen LogP contribution < -0.4 is 0 Å². The number of carboxylic acids is 1. The summed E-state index contributed by atoms with van der Waals surface area (Å²) in [5.74, 6) is -2.00. The van der Waals surface area contributed by atoms with E-state index in [0.717, 1.165) is 11.1 Å². The number of allylic oxidation sites excluding steroid dienone is 1. The fourth-order valence-electron chi connectivity index (χ4n) is 1.88. The molecular weight excluding hydrogens is 276 g/mol. The van der Waals surface area contributed by atoms with Crippen LogP contribution >= 0.6 is 0 Å². The molecule has 0 aromatic heterocycles. The lowest BCUT2D eigenvalue weighted by Crippen LogP contribution is -2.17. The molecule has 0 unspecified atom stereocenters. The van der Waals surface area contributed by atoms with Gasteiger partial charge in [-0.3, -0.25) is 0 Å². The lowest BCUT2D eigenvalue weighted by molar-refractivity contribution is -0.135. The Balaban J connectivity index is 0.00000441. The molecule has 1 rings (SSSR count). The Labute approximate surface area is 134 Å². The van der Waals surface area contributed by atoms with Gasteiger partial charge in [0.25, 0.3) is 0 Å². The maximum Gasteiger partial charge on any atom is 0.370 e. The average molecular weight is 304 g/mol. The average Bonchev–Trinajstić information content (AvgIpc) is 2.37. The largest absolute Gasteiger partial charge is 0.502 e. The summed E-state index contributed by atoms with van der Waals surface area (Å²) < 4.78 is 0. The van der Waals surface area contributed by atoms with Crippen LogP contribution in [0.1, 0.15) is 58.7 Å². The summed E-state index contributed by atoms with van der Waals surface area (Å²) in [6.07, 6.45) is 3.14. The summed E-state index contributed by atoms with van der Waals surface area (Å²) in [5.41, 5.74) is 2.48. The number of hydrogen-bond donors (Lipinski definition) is 2. The zero-order valence-corrected chi connectivity index (χ0v) is 13.4. The van der Waals surface area contributed by atoms with Crippen molar-refractivity contribution in [3.63, 3.8) is 0 Å². The second-order valence-electron chi connectivity index (χ2n) is 6.85. The standard InChI is InChI=1S/C18H24O3.CH4/c1-7-18(5,6)14-9-12(10-15(19)16(20)21)8-13(11-14)17(2,3)4;/h7-11,19H,1H2,2-6H3,(H,20,21);1H4. The van der Waals surface area contributed by atoms with Crippen molar-refractivity contribution in [2.75, 3.05) is 0 Å². The lowest BCUT2D eigenvalue weighted by atomic mass is 9.78. The number of carboxylic acid groups (broad SMARTS) is 1. The smallest absolute Gasteiger partial charge is 0.370 e. The topological polar surface area (TPSA) is 57.5 Å². The van der Waals surface area contributed by atoms with Gasteiger partial charge in [-0.15, -0.1) is 6.58 Å². The Bertz CT molecular complexity index is 587. The molecule has 0 amide bonds. The normalized spacial score (nSPS) is 12.5. The van der Waals surface area contributed by atoms with Gasteiger partial charge in [0.05, 0.1) is 0 Å². The Hall–Kier alpha value is -2.03. The van der Waals surface area contributed by atoms with E-state index in [9.17, 15) is 9.90 Å². The van der Waals surface area contributed by atoms with E-state index in [1.54, 1.807) is 0 Å². The van der Waals surface area contributed by atoms with Crippen LogP contribution in [0, 0.1) is 0 Å². The molecule has 0 fully saturated rings. The van der Waals surface area contributed by atoms with Crippen molar-refractivity contribution in [1.29, 1.82) is 0 Å². The van der Waals surface area contributed by atoms with Crippen molar-refractivity contribution in [2.24, 2.45) is 0 Å². The highest BCUT2D eigenvalue weighted by molar-refractivity contribution is 5.89. The summed E-state index contributed by atoms with van der Waals surface area (Å²) in [6.45, 7) is 14.2. The van der Waals surface area contributed by atoms with Gasteiger partial charge >= 0.3 is 5.97 Å². The van der Waals surface area contributed by atoms with Gasteiger partial charge in [0, 0.05) is 5.41 Å². The zero-order valence-electron chi connectivity index (χ0n) is 13.4. The third-order valence-electron chi connectivity index (χ3n) is 3.60. The number of aliphatic carboxylic acids is 1. The maximum atomic E-state index is 10.8. The Morgan fingerprint density at radius 2 is 1.55 bits per heavy atom. The summed E-state index contributed by atoms with van der Waals surface area (Å²) in [7, 11) is 0. The molecule has 0 aliphatic heterocycles. The van der Waals surface area contributed by atoms with Crippen LogP contribution in [0.15, 0.2) is 36.6 Å². The van der Waals surface area contributed by atoms with Gasteiger partial charge in [0.15, 0.2) is 0 Å². The molecule has 3 nitrogen and oxygen atoms in total. The molecule has 2 N–H and O–H groups in total. The van der Waals surface area contributed by atoms with Gasteiger partial charge in [-0.2, -0.15) is 0 Å². The van der Waals surface area contributed by atoms with Crippen LogP contribution in [0.25, 0.3) is 6.08 Å². The van der Waals surface area contributed by atoms with E-state index in [1.165, 1.54) is 6.08 Å². The van der Waals surface area contributed by atoms with Crippen LogP contribution in [-0.2, 0) is 15.6 Å². The minimum Gasteiger partial charge on any atom is -0.502 e. The first kappa shape index (κ1) is 20.0. The van der Waals surface area contributed by atoms with Crippen molar-refractivity contribution in [1.82, 2.24) is 0 Å². The van der Waals surface area contributed by atoms with Crippen LogP contribution in [0.4, 0.5) is 0 Å². The van der Waals surface area contributed by atoms with Crippen LogP contribution in [0.2, 0.25) is 0 Å². The van der Waals surface area contributed by atoms with Crippen molar-refractivity contribution in [2.45, 2.75) is 52.9 Å². The van der Waals surface area contributed by atoms with E-state index in [0.29, 0.717) is 5.56 Å². The summed E-state index contributed by atoms with van der Waals surface area (Å²) in [5, 5.41) is 18.3. The molecule has 0 atom stereocenters. The molecule has 0 heterocycles. The number of carbonyl (C=O) groups is 1. The Morgan fingerprint density at radius 3 is 1.95 bits per heavy atom. The van der Waals surface area contributed by atoms with Gasteiger partial charge in [-0.05, 0) is 28.2 Å². The SMILES string of the molecule is C.C=CC(C)(C)c1cc(C=C(O)C(=O)O)cc(C(C)(C)C)c1. The molecule has 22 heavy (non-hydrogen) atoms. The van der Waals surface area contributed by atoms with E-state index < -0.39 is 11.7 Å². The van der Waals surface area contributed by atoms with Gasteiger partial charge in [-0.25, -0.2) is 4.79 Å². The van der Waals surface area contributed by atoms with Crippen molar-refractivity contribution in [3.05, 3.63) is 53.3 Å². The fourth-order valence-corrected chi connectivity index (χ4v) is 1.88. The van der Waals surface area contributed by atoms with E-state index in [1.807, 2.05) is 32.1 Å². The van der Waals surface area contributed by atoms with Gasteiger partial charge in [0.1, 0.15) is 0 Å². The molecule has 0 aliphatic carbocycles. The molecule has 0 bridgehead atoms. The molecule has 0 saturated carbocycles. The first-order chi connectivity index (χ1) is 9.47. The van der Waals surface area contributed by atoms with E-state index >= 15 is 0 Å². The van der Waals surface area contributed by atoms with Gasteiger partial charge in [-0.1, -0.05) is 66.3 Å². The van der Waals surface area contributed by atoms with Crippen molar-refractivity contribution in [3.8, 4) is 0 Å². The van der Waals surface area contributed by atoms with Crippen molar-refractivity contribution >= 4 is 12.0 Å². The summed E-state index contributed by atoms with van der Waals surface area (Å²) in [6, 6.07) is 5.90. The fraction of sp³-hybridized carbons (Fsp3) is 0.421. The van der Waals surface area contributed by atoms with Gasteiger partial charge in [0.2, 0.25) is 5.76 Å². The van der Waals surface area contributed by atoms with Crippen LogP contribution in [0.3, 0.4) is 0 Å². The van der Waals surface area contributed by atoms with Crippen LogP contribution in [0.5, 0.6) is 0 Å². The lowest BCUT2D eigenvalue weighted by Gasteiger charge is -2.26. The highest BCUT2D eigenvalue weighted by Gasteiger charge is 2.21. The summed E-state index contributed by atoms with van der Waals surface area (Å²) >= 11 is 0. The Morgan fingerprint density at radius 1 is 1.05 bits per heavy atom. The quantitative estimate of drug-likeness (QED) is 0.464. The molecule has 0 saturated heterocycles. The number of aliphatic hydroxyl groups excluding tert-OH is 1. The van der Waals surface area contributed by atoms with Gasteiger partial charge < -0.3 is 10.2 Å². The second kappa shape index (κ2) is 6.82. The first-order valence-corrected chi connectivity index (χ1v) is 6.91. The number of aliphatic hydroxyl groups is 1. The predicted molar refractivity (Wildman–Crippen MR) is 93.3 cm³/mol.